The van der Waals surface area contributed by atoms with Gasteiger partial charge in [0.15, 0.2) is 0 Å². The lowest BCUT2D eigenvalue weighted by atomic mass is 10.2. The van der Waals surface area contributed by atoms with Gasteiger partial charge in [-0.1, -0.05) is 0 Å². The summed E-state index contributed by atoms with van der Waals surface area (Å²) in [6.07, 6.45) is -4.67. The number of nitrogens with zero attached hydrogens (tertiary/aromatic N) is 2. The molecule has 0 atom stereocenters. The summed E-state index contributed by atoms with van der Waals surface area (Å²) in [4.78, 5) is 15.8. The predicted molar refractivity (Wildman–Crippen MR) is 64.1 cm³/mol. The number of primary amides is 1. The van der Waals surface area contributed by atoms with Gasteiger partial charge in [-0.25, -0.2) is 4.98 Å². The summed E-state index contributed by atoms with van der Waals surface area (Å²) < 4.78 is 37.9. The average molecular weight is 293 g/mol. The van der Waals surface area contributed by atoms with Crippen molar-refractivity contribution in [2.75, 3.05) is 31.2 Å². The zero-order chi connectivity index (χ0) is 15.3. The van der Waals surface area contributed by atoms with Crippen LogP contribution in [0.25, 0.3) is 0 Å². The molecule has 0 saturated carbocycles. The van der Waals surface area contributed by atoms with E-state index >= 15 is 0 Å². The summed E-state index contributed by atoms with van der Waals surface area (Å²) in [5.41, 5.74) is 3.70. The van der Waals surface area contributed by atoms with Gasteiger partial charge in [-0.05, 0) is 12.1 Å². The molecule has 4 N–H and O–H groups in total. The van der Waals surface area contributed by atoms with Crippen molar-refractivity contribution in [1.82, 2.24) is 4.98 Å². The molecule has 1 heterocycles. The van der Waals surface area contributed by atoms with Crippen molar-refractivity contribution in [3.8, 4) is 0 Å². The highest BCUT2D eigenvalue weighted by Gasteiger charge is 2.34. The lowest BCUT2D eigenvalue weighted by Gasteiger charge is -2.24. The largest absolute Gasteiger partial charge is 0.433 e. The lowest BCUT2D eigenvalue weighted by molar-refractivity contribution is -0.141. The maximum atomic E-state index is 12.6. The number of pyridine rings is 1. The van der Waals surface area contributed by atoms with Crippen LogP contribution < -0.4 is 10.6 Å². The molecule has 0 radical (unpaired) electrons. The number of carbonyl (C=O) groups excluding carboxylic acids is 1. The third-order valence-electron chi connectivity index (χ3n) is 2.47. The Morgan fingerprint density at radius 3 is 2.20 bits per heavy atom. The molecule has 1 aromatic heterocycles. The molecule has 20 heavy (non-hydrogen) atoms. The van der Waals surface area contributed by atoms with Gasteiger partial charge in [0.2, 0.25) is 0 Å². The number of aromatic nitrogens is 1. The molecule has 0 fully saturated rings. The second-order valence-corrected chi connectivity index (χ2v) is 3.86. The number of nitrogens with two attached hydrogens (primary N) is 1. The van der Waals surface area contributed by atoms with Crippen LogP contribution in [0.1, 0.15) is 16.1 Å². The van der Waals surface area contributed by atoms with E-state index in [4.69, 9.17) is 15.9 Å². The second-order valence-electron chi connectivity index (χ2n) is 3.86. The molecule has 0 aliphatic heterocycles. The van der Waals surface area contributed by atoms with E-state index in [0.29, 0.717) is 6.07 Å². The Kier molecular flexibility index (Phi) is 5.28. The molecular weight excluding hydrogens is 279 g/mol. The minimum Gasteiger partial charge on any atom is -0.395 e. The molecule has 0 spiro atoms. The van der Waals surface area contributed by atoms with E-state index in [1.165, 1.54) is 0 Å². The van der Waals surface area contributed by atoms with E-state index < -0.39 is 17.8 Å². The number of amides is 1. The van der Waals surface area contributed by atoms with Crippen LogP contribution in [0.5, 0.6) is 0 Å². The Bertz CT molecular complexity index is 474. The number of rotatable bonds is 6. The summed E-state index contributed by atoms with van der Waals surface area (Å²) in [6.45, 7) is -0.934. The minimum atomic E-state index is -4.67. The fraction of sp³-hybridized carbons (Fsp3) is 0.455. The topological polar surface area (TPSA) is 99.7 Å². The molecule has 0 unspecified atom stereocenters. The summed E-state index contributed by atoms with van der Waals surface area (Å²) in [5.74, 6) is -1.25. The fourth-order valence-corrected chi connectivity index (χ4v) is 1.60. The minimum absolute atomic E-state index is 0.0881. The van der Waals surface area contributed by atoms with E-state index in [1.807, 2.05) is 0 Å². The Hall–Kier alpha value is -1.87. The van der Waals surface area contributed by atoms with Gasteiger partial charge in [-0.15, -0.1) is 0 Å². The molecule has 1 rings (SSSR count). The SMILES string of the molecule is NC(=O)c1ccc(C(F)(F)F)nc1N(CCO)CCO. The number of alkyl halides is 3. The molecule has 0 aliphatic carbocycles. The van der Waals surface area contributed by atoms with E-state index in [-0.39, 0.29) is 37.7 Å². The molecule has 0 aromatic carbocycles. The summed E-state index contributed by atoms with van der Waals surface area (Å²) in [5, 5.41) is 17.8. The number of aliphatic hydroxyl groups is 2. The third-order valence-corrected chi connectivity index (χ3v) is 2.47. The van der Waals surface area contributed by atoms with Gasteiger partial charge in [0.1, 0.15) is 11.5 Å². The molecule has 0 bridgehead atoms. The lowest BCUT2D eigenvalue weighted by Crippen LogP contribution is -2.33. The first-order valence-electron chi connectivity index (χ1n) is 5.66. The van der Waals surface area contributed by atoms with Gasteiger partial charge in [0.05, 0.1) is 18.8 Å². The fourth-order valence-electron chi connectivity index (χ4n) is 1.60. The summed E-state index contributed by atoms with van der Waals surface area (Å²) in [7, 11) is 0. The van der Waals surface area contributed by atoms with Crippen molar-refractivity contribution in [3.63, 3.8) is 0 Å². The number of hydrogen-bond acceptors (Lipinski definition) is 5. The smallest absolute Gasteiger partial charge is 0.395 e. The van der Waals surface area contributed by atoms with Gasteiger partial charge in [0, 0.05) is 13.1 Å². The number of aliphatic hydroxyl groups excluding tert-OH is 2. The van der Waals surface area contributed by atoms with Crippen LogP contribution in [0.2, 0.25) is 0 Å². The molecule has 1 amide bonds. The molecule has 112 valence electrons. The maximum Gasteiger partial charge on any atom is 0.433 e. The van der Waals surface area contributed by atoms with Crippen molar-refractivity contribution in [1.29, 1.82) is 0 Å². The molecule has 1 aromatic rings. The van der Waals surface area contributed by atoms with Crippen LogP contribution in [-0.2, 0) is 6.18 Å². The van der Waals surface area contributed by atoms with Crippen molar-refractivity contribution >= 4 is 11.7 Å². The van der Waals surface area contributed by atoms with E-state index in [1.54, 1.807) is 0 Å². The standard InChI is InChI=1S/C11H14F3N3O3/c12-11(13,14)8-2-1-7(9(15)20)10(16-8)17(3-5-18)4-6-19/h1-2,18-19H,3-6H2,(H2,15,20). The van der Waals surface area contributed by atoms with Gasteiger partial charge in [0.25, 0.3) is 5.91 Å². The van der Waals surface area contributed by atoms with Crippen molar-refractivity contribution in [2.45, 2.75) is 6.18 Å². The number of anilines is 1. The highest BCUT2D eigenvalue weighted by molar-refractivity contribution is 5.97. The van der Waals surface area contributed by atoms with Gasteiger partial charge >= 0.3 is 6.18 Å². The maximum absolute atomic E-state index is 12.6. The van der Waals surface area contributed by atoms with Crippen LogP contribution in [-0.4, -0.2) is 47.4 Å². The number of hydrogen-bond donors (Lipinski definition) is 3. The Morgan fingerprint density at radius 2 is 1.80 bits per heavy atom. The Balaban J connectivity index is 3.33. The van der Waals surface area contributed by atoms with Crippen LogP contribution in [0.15, 0.2) is 12.1 Å². The van der Waals surface area contributed by atoms with Gasteiger partial charge in [-0.3, -0.25) is 4.79 Å². The average Bonchev–Trinajstić information content (AvgIpc) is 2.36. The Labute approximate surface area is 112 Å². The molecule has 0 aliphatic rings. The first kappa shape index (κ1) is 16.2. The van der Waals surface area contributed by atoms with Crippen LogP contribution in [0.4, 0.5) is 19.0 Å². The van der Waals surface area contributed by atoms with Crippen LogP contribution >= 0.6 is 0 Å². The van der Waals surface area contributed by atoms with E-state index in [0.717, 1.165) is 11.0 Å². The van der Waals surface area contributed by atoms with Crippen LogP contribution in [0, 0.1) is 0 Å². The van der Waals surface area contributed by atoms with Gasteiger partial charge < -0.3 is 20.8 Å². The number of carbonyl (C=O) groups is 1. The first-order chi connectivity index (χ1) is 9.31. The second kappa shape index (κ2) is 6.53. The molecule has 6 nitrogen and oxygen atoms in total. The van der Waals surface area contributed by atoms with Crippen LogP contribution in [0.3, 0.4) is 0 Å². The highest BCUT2D eigenvalue weighted by atomic mass is 19.4. The quantitative estimate of drug-likeness (QED) is 0.685. The highest BCUT2D eigenvalue weighted by Crippen LogP contribution is 2.30. The van der Waals surface area contributed by atoms with E-state index in [9.17, 15) is 18.0 Å². The molecule has 0 saturated heterocycles. The molecule has 9 heteroatoms. The van der Waals surface area contributed by atoms with Crippen molar-refractivity contribution in [2.24, 2.45) is 5.73 Å². The molecular formula is C11H14F3N3O3. The van der Waals surface area contributed by atoms with Gasteiger partial charge in [-0.2, -0.15) is 13.2 Å². The van der Waals surface area contributed by atoms with Crippen molar-refractivity contribution < 1.29 is 28.2 Å². The third kappa shape index (κ3) is 3.81. The number of halogens is 3. The summed E-state index contributed by atoms with van der Waals surface area (Å²) in [6, 6.07) is 1.58. The van der Waals surface area contributed by atoms with E-state index in [2.05, 4.69) is 4.98 Å². The zero-order valence-electron chi connectivity index (χ0n) is 10.4. The predicted octanol–water partition coefficient (Wildman–Crippen LogP) is -0.00970. The monoisotopic (exact) mass is 293 g/mol. The Morgan fingerprint density at radius 1 is 1.25 bits per heavy atom. The first-order valence-corrected chi connectivity index (χ1v) is 5.66. The van der Waals surface area contributed by atoms with Crippen molar-refractivity contribution in [3.05, 3.63) is 23.4 Å². The zero-order valence-corrected chi connectivity index (χ0v) is 10.4. The normalized spacial score (nSPS) is 11.4. The summed E-state index contributed by atoms with van der Waals surface area (Å²) >= 11 is 0.